The highest BCUT2D eigenvalue weighted by molar-refractivity contribution is 7.90. The van der Waals surface area contributed by atoms with Gasteiger partial charge in [0.1, 0.15) is 5.75 Å². The van der Waals surface area contributed by atoms with Gasteiger partial charge in [-0.2, -0.15) is 0 Å². The minimum Gasteiger partial charge on any atom is -0.437 e. The van der Waals surface area contributed by atoms with Crippen LogP contribution >= 0.6 is 0 Å². The fraction of sp³-hybridized carbons (Fsp3) is 0.167. The second kappa shape index (κ2) is 5.33. The third-order valence-electron chi connectivity index (χ3n) is 2.31. The predicted molar refractivity (Wildman–Crippen MR) is 67.6 cm³/mol. The summed E-state index contributed by atoms with van der Waals surface area (Å²) in [6.45, 7) is -0.198. The summed E-state index contributed by atoms with van der Waals surface area (Å²) in [5.74, 6) is 0.580. The SMILES string of the molecule is CS(=O)(=O)c1cccc(Oc2ccc(CO)nn2)c1. The largest absolute Gasteiger partial charge is 0.437 e. The summed E-state index contributed by atoms with van der Waals surface area (Å²) in [5.41, 5.74) is 0.428. The smallest absolute Gasteiger partial charge is 0.238 e. The zero-order valence-electron chi connectivity index (χ0n) is 10.1. The van der Waals surface area contributed by atoms with E-state index in [1.807, 2.05) is 0 Å². The van der Waals surface area contributed by atoms with Crippen molar-refractivity contribution in [3.63, 3.8) is 0 Å². The van der Waals surface area contributed by atoms with E-state index in [1.54, 1.807) is 24.3 Å². The van der Waals surface area contributed by atoms with Gasteiger partial charge in [-0.05, 0) is 24.3 Å². The molecule has 0 bridgehead atoms. The summed E-state index contributed by atoms with van der Waals surface area (Å²) in [6.07, 6.45) is 1.13. The topological polar surface area (TPSA) is 89.4 Å². The molecule has 0 aliphatic rings. The van der Waals surface area contributed by atoms with Crippen LogP contribution in [0.1, 0.15) is 5.69 Å². The number of hydrogen-bond acceptors (Lipinski definition) is 6. The first-order valence-electron chi connectivity index (χ1n) is 5.40. The molecule has 100 valence electrons. The van der Waals surface area contributed by atoms with Gasteiger partial charge in [0.05, 0.1) is 17.2 Å². The molecule has 0 amide bonds. The fourth-order valence-electron chi connectivity index (χ4n) is 1.38. The zero-order chi connectivity index (χ0) is 13.9. The zero-order valence-corrected chi connectivity index (χ0v) is 11.0. The lowest BCUT2D eigenvalue weighted by Crippen LogP contribution is -1.98. The van der Waals surface area contributed by atoms with E-state index in [9.17, 15) is 8.42 Å². The summed E-state index contributed by atoms with van der Waals surface area (Å²) in [7, 11) is -3.28. The second-order valence-electron chi connectivity index (χ2n) is 3.87. The average molecular weight is 280 g/mol. The number of hydrogen-bond donors (Lipinski definition) is 1. The maximum Gasteiger partial charge on any atom is 0.238 e. The van der Waals surface area contributed by atoms with Gasteiger partial charge in [-0.1, -0.05) is 6.07 Å². The molecule has 2 rings (SSSR count). The van der Waals surface area contributed by atoms with Crippen molar-refractivity contribution in [1.29, 1.82) is 0 Å². The molecule has 6 nitrogen and oxygen atoms in total. The first-order valence-corrected chi connectivity index (χ1v) is 7.29. The van der Waals surface area contributed by atoms with E-state index in [1.165, 1.54) is 12.1 Å². The lowest BCUT2D eigenvalue weighted by molar-refractivity contribution is 0.274. The Kier molecular flexibility index (Phi) is 3.77. The molecular weight excluding hydrogens is 268 g/mol. The quantitative estimate of drug-likeness (QED) is 0.904. The van der Waals surface area contributed by atoms with Gasteiger partial charge in [-0.25, -0.2) is 8.42 Å². The Balaban J connectivity index is 2.23. The van der Waals surface area contributed by atoms with Crippen LogP contribution in [0, 0.1) is 0 Å². The maximum atomic E-state index is 11.4. The summed E-state index contributed by atoms with van der Waals surface area (Å²) < 4.78 is 28.2. The normalized spacial score (nSPS) is 11.3. The van der Waals surface area contributed by atoms with Crippen molar-refractivity contribution in [2.75, 3.05) is 6.26 Å². The van der Waals surface area contributed by atoms with Gasteiger partial charge in [0.15, 0.2) is 9.84 Å². The van der Waals surface area contributed by atoms with E-state index in [4.69, 9.17) is 9.84 Å². The van der Waals surface area contributed by atoms with Crippen LogP contribution in [0.3, 0.4) is 0 Å². The number of rotatable bonds is 4. The van der Waals surface area contributed by atoms with E-state index < -0.39 is 9.84 Å². The standard InChI is InChI=1S/C12H12N2O4S/c1-19(16,17)11-4-2-3-10(7-11)18-12-6-5-9(8-15)13-14-12/h2-7,15H,8H2,1H3. The number of aromatic nitrogens is 2. The first-order chi connectivity index (χ1) is 8.99. The Morgan fingerprint density at radius 3 is 2.58 bits per heavy atom. The van der Waals surface area contributed by atoms with Crippen molar-refractivity contribution < 1.29 is 18.3 Å². The molecule has 0 aliphatic carbocycles. The van der Waals surface area contributed by atoms with Crippen LogP contribution in [0.5, 0.6) is 11.6 Å². The molecule has 0 atom stereocenters. The molecule has 0 saturated heterocycles. The third-order valence-corrected chi connectivity index (χ3v) is 3.42. The van der Waals surface area contributed by atoms with Gasteiger partial charge < -0.3 is 9.84 Å². The molecule has 0 spiro atoms. The summed E-state index contributed by atoms with van der Waals surface area (Å²) in [6, 6.07) is 9.23. The summed E-state index contributed by atoms with van der Waals surface area (Å²) in [4.78, 5) is 0.171. The Morgan fingerprint density at radius 1 is 1.21 bits per heavy atom. The lowest BCUT2D eigenvalue weighted by atomic mass is 10.3. The Morgan fingerprint density at radius 2 is 2.00 bits per heavy atom. The number of ether oxygens (including phenoxy) is 1. The molecule has 0 aliphatic heterocycles. The van der Waals surface area contributed by atoms with E-state index >= 15 is 0 Å². The number of aliphatic hydroxyl groups excluding tert-OH is 1. The summed E-state index contributed by atoms with van der Waals surface area (Å²) in [5, 5.41) is 16.3. The maximum absolute atomic E-state index is 11.4. The molecule has 2 aromatic rings. The molecule has 1 aromatic carbocycles. The van der Waals surface area contributed by atoms with E-state index in [2.05, 4.69) is 10.2 Å². The van der Waals surface area contributed by atoms with Crippen LogP contribution in [0.2, 0.25) is 0 Å². The first kappa shape index (κ1) is 13.4. The van der Waals surface area contributed by atoms with Crippen LogP contribution in [0.4, 0.5) is 0 Å². The van der Waals surface area contributed by atoms with Crippen molar-refractivity contribution in [2.24, 2.45) is 0 Å². The van der Waals surface area contributed by atoms with Crippen molar-refractivity contribution in [1.82, 2.24) is 10.2 Å². The minimum atomic E-state index is -3.28. The molecular formula is C12H12N2O4S. The lowest BCUT2D eigenvalue weighted by Gasteiger charge is -2.05. The van der Waals surface area contributed by atoms with Gasteiger partial charge in [0.25, 0.3) is 0 Å². The highest BCUT2D eigenvalue weighted by Crippen LogP contribution is 2.22. The average Bonchev–Trinajstić information content (AvgIpc) is 2.39. The van der Waals surface area contributed by atoms with Gasteiger partial charge in [-0.3, -0.25) is 0 Å². The van der Waals surface area contributed by atoms with Crippen molar-refractivity contribution >= 4 is 9.84 Å². The van der Waals surface area contributed by atoms with Crippen LogP contribution in [-0.2, 0) is 16.4 Å². The van der Waals surface area contributed by atoms with Gasteiger partial charge in [0.2, 0.25) is 5.88 Å². The van der Waals surface area contributed by atoms with Crippen LogP contribution in [-0.4, -0.2) is 30.0 Å². The van der Waals surface area contributed by atoms with E-state index in [0.29, 0.717) is 11.4 Å². The molecule has 1 N–H and O–H groups in total. The van der Waals surface area contributed by atoms with E-state index in [0.717, 1.165) is 6.26 Å². The van der Waals surface area contributed by atoms with Gasteiger partial charge in [-0.15, -0.1) is 10.2 Å². The highest BCUT2D eigenvalue weighted by atomic mass is 32.2. The molecule has 0 saturated carbocycles. The molecule has 19 heavy (non-hydrogen) atoms. The van der Waals surface area contributed by atoms with Gasteiger partial charge >= 0.3 is 0 Å². The number of aliphatic hydroxyl groups is 1. The van der Waals surface area contributed by atoms with Crippen LogP contribution < -0.4 is 4.74 Å². The minimum absolute atomic E-state index is 0.171. The fourth-order valence-corrected chi connectivity index (χ4v) is 2.03. The second-order valence-corrected chi connectivity index (χ2v) is 5.89. The number of nitrogens with zero attached hydrogens (tertiary/aromatic N) is 2. The Bertz CT molecular complexity index is 668. The van der Waals surface area contributed by atoms with Gasteiger partial charge in [0, 0.05) is 12.3 Å². The predicted octanol–water partition coefficient (Wildman–Crippen LogP) is 1.16. The molecule has 1 heterocycles. The third kappa shape index (κ3) is 3.49. The number of benzene rings is 1. The van der Waals surface area contributed by atoms with Crippen LogP contribution in [0.25, 0.3) is 0 Å². The van der Waals surface area contributed by atoms with Crippen LogP contribution in [0.15, 0.2) is 41.3 Å². The molecule has 0 radical (unpaired) electrons. The molecule has 7 heteroatoms. The Labute approximate surface area is 110 Å². The summed E-state index contributed by atoms with van der Waals surface area (Å²) >= 11 is 0. The Hall–Kier alpha value is -1.99. The van der Waals surface area contributed by atoms with Crippen molar-refractivity contribution in [3.05, 3.63) is 42.1 Å². The molecule has 0 fully saturated rings. The van der Waals surface area contributed by atoms with Crippen molar-refractivity contribution in [2.45, 2.75) is 11.5 Å². The monoisotopic (exact) mass is 280 g/mol. The highest BCUT2D eigenvalue weighted by Gasteiger charge is 2.08. The number of sulfone groups is 1. The molecule has 0 unspecified atom stereocenters. The molecule has 1 aromatic heterocycles. The van der Waals surface area contributed by atoms with E-state index in [-0.39, 0.29) is 17.4 Å². The van der Waals surface area contributed by atoms with Crippen molar-refractivity contribution in [3.8, 4) is 11.6 Å².